The van der Waals surface area contributed by atoms with Gasteiger partial charge < -0.3 is 10.5 Å². The zero-order valence-electron chi connectivity index (χ0n) is 10.2. The van der Waals surface area contributed by atoms with Crippen LogP contribution >= 0.6 is 0 Å². The molecule has 1 aromatic carbocycles. The number of nitrogens with two attached hydrogens (primary N) is 1. The van der Waals surface area contributed by atoms with Gasteiger partial charge in [0.05, 0.1) is 6.61 Å². The van der Waals surface area contributed by atoms with E-state index < -0.39 is 5.41 Å². The highest BCUT2D eigenvalue weighted by molar-refractivity contribution is 5.84. The lowest BCUT2D eigenvalue weighted by Crippen LogP contribution is -2.46. The summed E-state index contributed by atoms with van der Waals surface area (Å²) in [5, 5.41) is 0. The summed E-state index contributed by atoms with van der Waals surface area (Å²) in [6, 6.07) is 9.79. The van der Waals surface area contributed by atoms with Crippen LogP contribution in [0.5, 0.6) is 0 Å². The predicted molar refractivity (Wildman–Crippen MR) is 66.5 cm³/mol. The number of rotatable bonds is 5. The Morgan fingerprint density at radius 3 is 2.53 bits per heavy atom. The molecule has 1 aliphatic carbocycles. The summed E-state index contributed by atoms with van der Waals surface area (Å²) in [7, 11) is 0. The lowest BCUT2D eigenvalue weighted by Gasteiger charge is -2.30. The second kappa shape index (κ2) is 4.88. The minimum atomic E-state index is -0.628. The molecule has 0 aromatic heterocycles. The van der Waals surface area contributed by atoms with Gasteiger partial charge in [0.2, 0.25) is 0 Å². The maximum absolute atomic E-state index is 12.3. The van der Waals surface area contributed by atoms with E-state index in [-0.39, 0.29) is 5.97 Å². The van der Waals surface area contributed by atoms with Crippen molar-refractivity contribution >= 4 is 5.97 Å². The van der Waals surface area contributed by atoms with Crippen molar-refractivity contribution in [3.8, 4) is 0 Å². The molecule has 0 saturated heterocycles. The van der Waals surface area contributed by atoms with Gasteiger partial charge in [0.25, 0.3) is 0 Å². The standard InChI is InChI=1S/C14H19NO2/c1-2-17-13(16)14(10-15,12-8-9-12)11-6-4-3-5-7-11/h3-7,12H,2,8-10,15H2,1H3. The quantitative estimate of drug-likeness (QED) is 0.790. The van der Waals surface area contributed by atoms with Crippen molar-refractivity contribution in [2.24, 2.45) is 11.7 Å². The summed E-state index contributed by atoms with van der Waals surface area (Å²) in [6.07, 6.45) is 2.12. The minimum Gasteiger partial charge on any atom is -0.465 e. The summed E-state index contributed by atoms with van der Waals surface area (Å²) >= 11 is 0. The van der Waals surface area contributed by atoms with Gasteiger partial charge in [-0.2, -0.15) is 0 Å². The van der Waals surface area contributed by atoms with Crippen LogP contribution in [0.1, 0.15) is 25.3 Å². The number of ether oxygens (including phenoxy) is 1. The monoisotopic (exact) mass is 233 g/mol. The molecule has 1 aliphatic rings. The molecule has 1 fully saturated rings. The Balaban J connectivity index is 2.39. The Morgan fingerprint density at radius 1 is 1.41 bits per heavy atom. The molecule has 2 N–H and O–H groups in total. The van der Waals surface area contributed by atoms with Crippen LogP contribution < -0.4 is 5.73 Å². The third-order valence-corrected chi connectivity index (χ3v) is 3.52. The first-order valence-electron chi connectivity index (χ1n) is 6.18. The molecule has 0 amide bonds. The topological polar surface area (TPSA) is 52.3 Å². The van der Waals surface area contributed by atoms with Gasteiger partial charge in [0.1, 0.15) is 5.41 Å². The van der Waals surface area contributed by atoms with Crippen molar-refractivity contribution in [1.29, 1.82) is 0 Å². The Bertz CT molecular complexity index is 386. The molecule has 1 unspecified atom stereocenters. The second-order valence-corrected chi connectivity index (χ2v) is 4.54. The zero-order chi connectivity index (χ0) is 12.3. The smallest absolute Gasteiger partial charge is 0.318 e. The maximum Gasteiger partial charge on any atom is 0.318 e. The SMILES string of the molecule is CCOC(=O)C(CN)(c1ccccc1)C1CC1. The summed E-state index contributed by atoms with van der Waals surface area (Å²) in [5.74, 6) is 0.171. The van der Waals surface area contributed by atoms with E-state index in [0.29, 0.717) is 19.1 Å². The van der Waals surface area contributed by atoms with Crippen molar-refractivity contribution in [3.05, 3.63) is 35.9 Å². The van der Waals surface area contributed by atoms with Gasteiger partial charge in [-0.15, -0.1) is 0 Å². The molecule has 92 valence electrons. The number of hydrogen-bond acceptors (Lipinski definition) is 3. The van der Waals surface area contributed by atoms with Crippen LogP contribution in [-0.4, -0.2) is 19.1 Å². The molecule has 3 heteroatoms. The first-order valence-corrected chi connectivity index (χ1v) is 6.18. The molecule has 0 bridgehead atoms. The van der Waals surface area contributed by atoms with E-state index in [1.165, 1.54) is 0 Å². The summed E-state index contributed by atoms with van der Waals surface area (Å²) < 4.78 is 5.24. The fourth-order valence-corrected chi connectivity index (χ4v) is 2.46. The van der Waals surface area contributed by atoms with E-state index in [1.807, 2.05) is 37.3 Å². The lowest BCUT2D eigenvalue weighted by atomic mass is 9.76. The maximum atomic E-state index is 12.3. The van der Waals surface area contributed by atoms with Crippen LogP contribution in [0.3, 0.4) is 0 Å². The van der Waals surface area contributed by atoms with Crippen molar-refractivity contribution in [2.45, 2.75) is 25.2 Å². The van der Waals surface area contributed by atoms with Gasteiger partial charge in [-0.3, -0.25) is 4.79 Å². The summed E-state index contributed by atoms with van der Waals surface area (Å²) in [6.45, 7) is 2.55. The highest BCUT2D eigenvalue weighted by Crippen LogP contribution is 2.47. The molecular weight excluding hydrogens is 214 g/mol. The molecule has 3 nitrogen and oxygen atoms in total. The van der Waals surface area contributed by atoms with E-state index in [2.05, 4.69) is 0 Å². The molecule has 0 aliphatic heterocycles. The molecule has 17 heavy (non-hydrogen) atoms. The van der Waals surface area contributed by atoms with Crippen molar-refractivity contribution < 1.29 is 9.53 Å². The molecule has 0 spiro atoms. The average molecular weight is 233 g/mol. The molecule has 1 saturated carbocycles. The van der Waals surface area contributed by atoms with Crippen LogP contribution in [0.2, 0.25) is 0 Å². The Hall–Kier alpha value is -1.35. The lowest BCUT2D eigenvalue weighted by molar-refractivity contribution is -0.150. The van der Waals surface area contributed by atoms with Gasteiger partial charge in [-0.05, 0) is 31.2 Å². The Morgan fingerprint density at radius 2 is 2.06 bits per heavy atom. The van der Waals surface area contributed by atoms with E-state index in [1.54, 1.807) is 0 Å². The van der Waals surface area contributed by atoms with Crippen molar-refractivity contribution in [2.75, 3.05) is 13.2 Å². The van der Waals surface area contributed by atoms with Crippen molar-refractivity contribution in [3.63, 3.8) is 0 Å². The van der Waals surface area contributed by atoms with Gasteiger partial charge >= 0.3 is 5.97 Å². The van der Waals surface area contributed by atoms with Crippen LogP contribution in [0.25, 0.3) is 0 Å². The van der Waals surface area contributed by atoms with Crippen LogP contribution in [0.4, 0.5) is 0 Å². The van der Waals surface area contributed by atoms with Gasteiger partial charge in [-0.1, -0.05) is 30.3 Å². The zero-order valence-corrected chi connectivity index (χ0v) is 10.2. The Labute approximate surface area is 102 Å². The number of carbonyl (C=O) groups excluding carboxylic acids is 1. The van der Waals surface area contributed by atoms with E-state index >= 15 is 0 Å². The number of esters is 1. The number of carbonyl (C=O) groups is 1. The van der Waals surface area contributed by atoms with Crippen LogP contribution in [0, 0.1) is 5.92 Å². The third kappa shape index (κ3) is 2.07. The summed E-state index contributed by atoms with van der Waals surface area (Å²) in [5.41, 5.74) is 6.27. The van der Waals surface area contributed by atoms with Crippen LogP contribution in [-0.2, 0) is 14.9 Å². The fourth-order valence-electron chi connectivity index (χ4n) is 2.46. The predicted octanol–water partition coefficient (Wildman–Crippen LogP) is 1.86. The van der Waals surface area contributed by atoms with Crippen LogP contribution in [0.15, 0.2) is 30.3 Å². The first kappa shape index (κ1) is 12.1. The highest BCUT2D eigenvalue weighted by atomic mass is 16.5. The molecule has 0 radical (unpaired) electrons. The molecular formula is C14H19NO2. The van der Waals surface area contributed by atoms with Gasteiger partial charge in [0, 0.05) is 6.54 Å². The minimum absolute atomic E-state index is 0.170. The summed E-state index contributed by atoms with van der Waals surface area (Å²) in [4.78, 5) is 12.3. The molecule has 1 aromatic rings. The number of benzene rings is 1. The van der Waals surface area contributed by atoms with E-state index in [9.17, 15) is 4.79 Å². The normalized spacial score (nSPS) is 18.5. The van der Waals surface area contributed by atoms with Gasteiger partial charge in [0.15, 0.2) is 0 Å². The first-order chi connectivity index (χ1) is 8.25. The van der Waals surface area contributed by atoms with E-state index in [4.69, 9.17) is 10.5 Å². The van der Waals surface area contributed by atoms with Crippen molar-refractivity contribution in [1.82, 2.24) is 0 Å². The largest absolute Gasteiger partial charge is 0.465 e. The Kier molecular flexibility index (Phi) is 3.48. The highest BCUT2D eigenvalue weighted by Gasteiger charge is 2.52. The molecule has 0 heterocycles. The molecule has 2 rings (SSSR count). The average Bonchev–Trinajstić information content (AvgIpc) is 3.17. The second-order valence-electron chi connectivity index (χ2n) is 4.54. The fraction of sp³-hybridized carbons (Fsp3) is 0.500. The van der Waals surface area contributed by atoms with Gasteiger partial charge in [-0.25, -0.2) is 0 Å². The third-order valence-electron chi connectivity index (χ3n) is 3.52. The van der Waals surface area contributed by atoms with E-state index in [0.717, 1.165) is 18.4 Å². The molecule has 1 atom stereocenters. The number of hydrogen-bond donors (Lipinski definition) is 1.